The van der Waals surface area contributed by atoms with E-state index in [9.17, 15) is 4.79 Å². The van der Waals surface area contributed by atoms with Crippen LogP contribution in [0.1, 0.15) is 46.7 Å². The zero-order valence-corrected chi connectivity index (χ0v) is 16.2. The number of furan rings is 1. The van der Waals surface area contributed by atoms with Crippen LogP contribution in [0.25, 0.3) is 0 Å². The predicted molar refractivity (Wildman–Crippen MR) is 104 cm³/mol. The first-order chi connectivity index (χ1) is 12.5. The van der Waals surface area contributed by atoms with Gasteiger partial charge in [-0.25, -0.2) is 0 Å². The van der Waals surface area contributed by atoms with Crippen LogP contribution in [0.3, 0.4) is 0 Å². The van der Waals surface area contributed by atoms with Crippen LogP contribution in [0.2, 0.25) is 0 Å². The van der Waals surface area contributed by atoms with Crippen LogP contribution in [-0.4, -0.2) is 42.9 Å². The number of nitrogens with zero attached hydrogens (tertiary/aromatic N) is 2. The van der Waals surface area contributed by atoms with Gasteiger partial charge in [0.2, 0.25) is 0 Å². The summed E-state index contributed by atoms with van der Waals surface area (Å²) in [6.45, 7) is 4.57. The van der Waals surface area contributed by atoms with E-state index >= 15 is 0 Å². The van der Waals surface area contributed by atoms with Gasteiger partial charge in [-0.15, -0.1) is 0 Å². The number of carbonyl (C=O) groups is 1. The van der Waals surface area contributed by atoms with Crippen LogP contribution in [0.5, 0.6) is 0 Å². The van der Waals surface area contributed by atoms with Crippen LogP contribution in [0, 0.1) is 12.8 Å². The topological polar surface area (TPSA) is 36.7 Å². The molecule has 1 atom stereocenters. The van der Waals surface area contributed by atoms with Crippen molar-refractivity contribution in [3.8, 4) is 0 Å². The molecule has 0 spiro atoms. The number of carbonyl (C=O) groups excluding carboxylic acids is 1. The molecule has 0 N–H and O–H groups in total. The fourth-order valence-electron chi connectivity index (χ4n) is 3.78. The second-order valence-corrected chi connectivity index (χ2v) is 7.73. The van der Waals surface area contributed by atoms with Gasteiger partial charge in [-0.2, -0.15) is 0 Å². The Morgan fingerprint density at radius 3 is 2.81 bits per heavy atom. The minimum Gasteiger partial charge on any atom is -0.455 e. The van der Waals surface area contributed by atoms with Crippen molar-refractivity contribution in [2.45, 2.75) is 39.2 Å². The van der Waals surface area contributed by atoms with Gasteiger partial charge in [0.1, 0.15) is 5.76 Å². The van der Waals surface area contributed by atoms with Gasteiger partial charge in [0, 0.05) is 13.1 Å². The van der Waals surface area contributed by atoms with Gasteiger partial charge in [-0.1, -0.05) is 24.3 Å². The summed E-state index contributed by atoms with van der Waals surface area (Å²) in [7, 11) is 3.99. The average Bonchev–Trinajstić information content (AvgIpc) is 3.08. The van der Waals surface area contributed by atoms with E-state index in [4.69, 9.17) is 4.42 Å². The van der Waals surface area contributed by atoms with E-state index in [-0.39, 0.29) is 5.91 Å². The van der Waals surface area contributed by atoms with Crippen LogP contribution in [0.15, 0.2) is 40.8 Å². The molecule has 1 aliphatic rings. The number of benzene rings is 1. The molecule has 0 radical (unpaired) electrons. The first-order valence-corrected chi connectivity index (χ1v) is 9.60. The normalized spacial score (nSPS) is 17.7. The summed E-state index contributed by atoms with van der Waals surface area (Å²) in [6.07, 6.45) is 4.51. The lowest BCUT2D eigenvalue weighted by molar-refractivity contribution is 0.0633. The molecular weight excluding hydrogens is 324 g/mol. The predicted octanol–water partition coefficient (Wildman–Crippen LogP) is 4.13. The molecule has 1 fully saturated rings. The fourth-order valence-corrected chi connectivity index (χ4v) is 3.78. The van der Waals surface area contributed by atoms with Crippen LogP contribution in [-0.2, 0) is 13.0 Å². The molecule has 3 rings (SSSR count). The summed E-state index contributed by atoms with van der Waals surface area (Å²) >= 11 is 0. The Labute approximate surface area is 156 Å². The standard InChI is InChI=1S/C22H30N2O2/c1-17-7-4-5-9-19(17)11-10-18-8-6-14-24(15-18)22(25)21-13-12-20(26-21)16-23(2)3/h4-5,7,9,12-13,18H,6,8,10-11,14-16H2,1-3H3. The van der Waals surface area contributed by atoms with Crippen molar-refractivity contribution in [2.24, 2.45) is 5.92 Å². The Morgan fingerprint density at radius 2 is 2.04 bits per heavy atom. The Kier molecular flexibility index (Phi) is 6.15. The van der Waals surface area contributed by atoms with Crippen LogP contribution >= 0.6 is 0 Å². The molecule has 1 aromatic carbocycles. The Balaban J connectivity index is 1.56. The lowest BCUT2D eigenvalue weighted by Crippen LogP contribution is -2.39. The van der Waals surface area contributed by atoms with Gasteiger partial charge in [-0.05, 0) is 75.9 Å². The molecule has 26 heavy (non-hydrogen) atoms. The van der Waals surface area contributed by atoms with Crippen LogP contribution in [0.4, 0.5) is 0 Å². The first kappa shape index (κ1) is 18.7. The number of likely N-dealkylation sites (tertiary alicyclic amines) is 1. The van der Waals surface area contributed by atoms with Gasteiger partial charge >= 0.3 is 0 Å². The van der Waals surface area contributed by atoms with Crippen molar-refractivity contribution in [1.82, 2.24) is 9.80 Å². The highest BCUT2D eigenvalue weighted by Gasteiger charge is 2.26. The lowest BCUT2D eigenvalue weighted by Gasteiger charge is -2.32. The second kappa shape index (κ2) is 8.54. The highest BCUT2D eigenvalue weighted by Crippen LogP contribution is 2.24. The zero-order chi connectivity index (χ0) is 18.5. The van der Waals surface area contributed by atoms with Crippen molar-refractivity contribution in [2.75, 3.05) is 27.2 Å². The van der Waals surface area contributed by atoms with Gasteiger partial charge in [0.25, 0.3) is 5.91 Å². The summed E-state index contributed by atoms with van der Waals surface area (Å²) < 4.78 is 5.76. The van der Waals surface area contributed by atoms with Gasteiger partial charge in [0.15, 0.2) is 5.76 Å². The minimum atomic E-state index is 0.0376. The molecule has 1 saturated heterocycles. The molecule has 2 aromatic rings. The largest absolute Gasteiger partial charge is 0.455 e. The highest BCUT2D eigenvalue weighted by atomic mass is 16.4. The van der Waals surface area contributed by atoms with Crippen molar-refractivity contribution in [1.29, 1.82) is 0 Å². The zero-order valence-electron chi connectivity index (χ0n) is 16.2. The quantitative estimate of drug-likeness (QED) is 0.782. The van der Waals surface area contributed by atoms with Gasteiger partial charge in [-0.3, -0.25) is 4.79 Å². The Morgan fingerprint density at radius 1 is 1.23 bits per heavy atom. The smallest absolute Gasteiger partial charge is 0.289 e. The van der Waals surface area contributed by atoms with Gasteiger partial charge in [0.05, 0.1) is 6.54 Å². The van der Waals surface area contributed by atoms with E-state index in [0.717, 1.165) is 38.1 Å². The van der Waals surface area contributed by atoms with E-state index in [1.54, 1.807) is 0 Å². The maximum absolute atomic E-state index is 12.8. The summed E-state index contributed by atoms with van der Waals surface area (Å²) in [4.78, 5) is 16.8. The van der Waals surface area contributed by atoms with E-state index in [1.807, 2.05) is 36.0 Å². The van der Waals surface area contributed by atoms with Gasteiger partial charge < -0.3 is 14.2 Å². The summed E-state index contributed by atoms with van der Waals surface area (Å²) in [5, 5.41) is 0. The van der Waals surface area contributed by atoms with Crippen molar-refractivity contribution >= 4 is 5.91 Å². The molecular formula is C22H30N2O2. The third-order valence-corrected chi connectivity index (χ3v) is 5.23. The molecule has 1 aromatic heterocycles. The molecule has 0 bridgehead atoms. The van der Waals surface area contributed by atoms with Crippen molar-refractivity contribution in [3.05, 3.63) is 59.0 Å². The number of piperidine rings is 1. The van der Waals surface area contributed by atoms with E-state index < -0.39 is 0 Å². The maximum atomic E-state index is 12.8. The lowest BCUT2D eigenvalue weighted by atomic mass is 9.90. The third kappa shape index (κ3) is 4.76. The SMILES string of the molecule is Cc1ccccc1CCC1CCCN(C(=O)c2ccc(CN(C)C)o2)C1. The number of hydrogen-bond acceptors (Lipinski definition) is 3. The molecule has 1 aliphatic heterocycles. The number of amides is 1. The average molecular weight is 354 g/mol. The molecule has 0 saturated carbocycles. The Bertz CT molecular complexity index is 735. The molecule has 1 unspecified atom stereocenters. The minimum absolute atomic E-state index is 0.0376. The third-order valence-electron chi connectivity index (χ3n) is 5.23. The molecule has 2 heterocycles. The highest BCUT2D eigenvalue weighted by molar-refractivity contribution is 5.91. The molecule has 4 heteroatoms. The van der Waals surface area contributed by atoms with E-state index in [0.29, 0.717) is 18.2 Å². The Hall–Kier alpha value is -2.07. The van der Waals surface area contributed by atoms with Crippen molar-refractivity contribution in [3.63, 3.8) is 0 Å². The number of aryl methyl sites for hydroxylation is 2. The maximum Gasteiger partial charge on any atom is 0.289 e. The molecule has 140 valence electrons. The van der Waals surface area contributed by atoms with Crippen LogP contribution < -0.4 is 0 Å². The monoisotopic (exact) mass is 354 g/mol. The fraction of sp³-hybridized carbons (Fsp3) is 0.500. The van der Waals surface area contributed by atoms with Crippen molar-refractivity contribution < 1.29 is 9.21 Å². The first-order valence-electron chi connectivity index (χ1n) is 9.60. The number of rotatable bonds is 6. The molecule has 0 aliphatic carbocycles. The van der Waals surface area contributed by atoms with E-state index in [2.05, 4.69) is 31.2 Å². The summed E-state index contributed by atoms with van der Waals surface area (Å²) in [5.41, 5.74) is 2.79. The summed E-state index contributed by atoms with van der Waals surface area (Å²) in [6, 6.07) is 12.3. The second-order valence-electron chi connectivity index (χ2n) is 7.73. The molecule has 4 nitrogen and oxygen atoms in total. The summed E-state index contributed by atoms with van der Waals surface area (Å²) in [5.74, 6) is 1.92. The molecule has 1 amide bonds. The van der Waals surface area contributed by atoms with E-state index in [1.165, 1.54) is 17.5 Å². The number of hydrogen-bond donors (Lipinski definition) is 0.